The molecule has 0 aromatic carbocycles. The van der Waals surface area contributed by atoms with Gasteiger partial charge >= 0.3 is 19.8 Å². The molecule has 0 saturated carbocycles. The van der Waals surface area contributed by atoms with E-state index >= 15 is 0 Å². The van der Waals surface area contributed by atoms with Crippen molar-refractivity contribution in [1.82, 2.24) is 9.55 Å². The third kappa shape index (κ3) is 1.59. The Morgan fingerprint density at radius 1 is 1.75 bits per heavy atom. The Morgan fingerprint density at radius 2 is 2.50 bits per heavy atom. The topological polar surface area (TPSA) is 17.8 Å². The van der Waals surface area contributed by atoms with Crippen molar-refractivity contribution < 1.29 is 19.8 Å². The van der Waals surface area contributed by atoms with Gasteiger partial charge in [-0.1, -0.05) is 18.6 Å². The third-order valence-electron chi connectivity index (χ3n) is 0.672. The first-order valence-corrected chi connectivity index (χ1v) is 1.96. The van der Waals surface area contributed by atoms with Gasteiger partial charge in [-0.2, -0.15) is 0 Å². The Labute approximate surface area is 61.3 Å². The molecule has 3 heteroatoms. The fourth-order valence-corrected chi connectivity index (χ4v) is 0.340. The smallest absolute Gasteiger partial charge is 0.440 e. The minimum Gasteiger partial charge on any atom is -0.440 e. The zero-order chi connectivity index (χ0) is 5.11. The quantitative estimate of drug-likeness (QED) is 0.697. The van der Waals surface area contributed by atoms with Crippen molar-refractivity contribution in [3.05, 3.63) is 25.3 Å². The molecule has 0 aliphatic rings. The van der Waals surface area contributed by atoms with Gasteiger partial charge in [0.05, 0.1) is 0 Å². The second kappa shape index (κ2) is 3.57. The molecule has 43 valence electrons. The van der Waals surface area contributed by atoms with Crippen LogP contribution in [0.15, 0.2) is 19.0 Å². The Morgan fingerprint density at radius 3 is 2.75 bits per heavy atom. The van der Waals surface area contributed by atoms with Gasteiger partial charge in [-0.3, -0.25) is 0 Å². The molecule has 0 bridgehead atoms. The minimum atomic E-state index is 0. The molecule has 1 aromatic heterocycles. The second-order valence-corrected chi connectivity index (χ2v) is 1.12. The molecule has 0 unspecified atom stereocenters. The number of nitrogens with zero attached hydrogens (tertiary/aromatic N) is 2. The fourth-order valence-electron chi connectivity index (χ4n) is 0.340. The molecule has 0 atom stereocenters. The predicted octanol–water partition coefficient (Wildman–Crippen LogP) is 0.781. The molecule has 0 amide bonds. The molecule has 0 aliphatic carbocycles. The maximum atomic E-state index is 3.66. The number of hydrogen-bond acceptors (Lipinski definition) is 1. The summed E-state index contributed by atoms with van der Waals surface area (Å²) in [5, 5.41) is 0. The van der Waals surface area contributed by atoms with Gasteiger partial charge in [-0.25, -0.2) is 0 Å². The summed E-state index contributed by atoms with van der Waals surface area (Å²) in [6.07, 6.45) is 7.69. The molecular formula is C5H5N2Os. The summed E-state index contributed by atoms with van der Waals surface area (Å²) >= 11 is 0. The van der Waals surface area contributed by atoms with Crippen LogP contribution in [-0.2, 0) is 19.8 Å². The van der Waals surface area contributed by atoms with Crippen LogP contribution < -0.4 is 0 Å². The number of rotatable bonds is 1. The van der Waals surface area contributed by atoms with Crippen molar-refractivity contribution in [2.75, 3.05) is 0 Å². The fraction of sp³-hybridized carbons (Fsp3) is 0. The molecule has 2 nitrogen and oxygen atoms in total. The van der Waals surface area contributed by atoms with Crippen molar-refractivity contribution in [2.45, 2.75) is 0 Å². The summed E-state index contributed by atoms with van der Waals surface area (Å²) < 4.78 is 1.65. The molecule has 0 spiro atoms. The largest absolute Gasteiger partial charge is 1.00 e. The van der Waals surface area contributed by atoms with E-state index in [0.717, 1.165) is 0 Å². The first-order valence-electron chi connectivity index (χ1n) is 1.96. The summed E-state index contributed by atoms with van der Waals surface area (Å²) in [4.78, 5) is 3.66. The van der Waals surface area contributed by atoms with Crippen molar-refractivity contribution in [3.63, 3.8) is 0 Å². The van der Waals surface area contributed by atoms with Crippen LogP contribution in [0.3, 0.4) is 0 Å². The van der Waals surface area contributed by atoms with E-state index in [-0.39, 0.29) is 19.8 Å². The Bertz CT molecular complexity index is 145. The molecule has 0 N–H and O–H groups in total. The average Bonchev–Trinajstić information content (AvgIpc) is 2.14. The maximum absolute atomic E-state index is 3.66. The Balaban J connectivity index is 0.000000490. The third-order valence-corrected chi connectivity index (χ3v) is 0.672. The van der Waals surface area contributed by atoms with Crippen molar-refractivity contribution in [3.8, 4) is 0 Å². The SMILES string of the molecule is C=Cn1[c-]ncc1.[Os+]. The number of hydrogen-bond donors (Lipinski definition) is 0. The van der Waals surface area contributed by atoms with Crippen LogP contribution in [0.2, 0.25) is 0 Å². The van der Waals surface area contributed by atoms with Crippen molar-refractivity contribution >= 4 is 6.20 Å². The number of aromatic nitrogens is 2. The van der Waals surface area contributed by atoms with Crippen molar-refractivity contribution in [1.29, 1.82) is 0 Å². The first kappa shape index (κ1) is 7.59. The van der Waals surface area contributed by atoms with E-state index in [0.29, 0.717) is 0 Å². The van der Waals surface area contributed by atoms with Gasteiger partial charge in [0.1, 0.15) is 0 Å². The zero-order valence-electron chi connectivity index (χ0n) is 4.19. The van der Waals surface area contributed by atoms with E-state index in [1.54, 1.807) is 23.2 Å². The van der Waals surface area contributed by atoms with Crippen LogP contribution in [0, 0.1) is 6.33 Å². The maximum Gasteiger partial charge on any atom is 1.00 e. The minimum absolute atomic E-state index is 0. The predicted molar refractivity (Wildman–Crippen MR) is 27.4 cm³/mol. The standard InChI is InChI=1S/C5H5N2.Os/c1-2-7-4-3-6-5-7;/h2-4H,1H2;/q-1;+1. The zero-order valence-corrected chi connectivity index (χ0v) is 6.73. The molecule has 0 aliphatic heterocycles. The van der Waals surface area contributed by atoms with Crippen molar-refractivity contribution in [2.24, 2.45) is 0 Å². The average molecular weight is 283 g/mol. The summed E-state index contributed by atoms with van der Waals surface area (Å²) in [6, 6.07) is 0. The van der Waals surface area contributed by atoms with E-state index in [2.05, 4.69) is 17.9 Å². The van der Waals surface area contributed by atoms with E-state index in [4.69, 9.17) is 0 Å². The molecule has 1 rings (SSSR count). The normalized spacial score (nSPS) is 7.50. The van der Waals surface area contributed by atoms with E-state index < -0.39 is 0 Å². The summed E-state index contributed by atoms with van der Waals surface area (Å²) in [5.74, 6) is 0. The first-order chi connectivity index (χ1) is 3.43. The molecule has 1 heterocycles. The van der Waals surface area contributed by atoms with Gasteiger partial charge in [0, 0.05) is 6.33 Å². The molecular weight excluding hydrogens is 278 g/mol. The van der Waals surface area contributed by atoms with Gasteiger partial charge < -0.3 is 9.55 Å². The summed E-state index contributed by atoms with van der Waals surface area (Å²) in [6.45, 7) is 3.49. The van der Waals surface area contributed by atoms with Gasteiger partial charge in [-0.05, 0) is 0 Å². The molecule has 1 radical (unpaired) electrons. The van der Waals surface area contributed by atoms with E-state index in [1.165, 1.54) is 0 Å². The van der Waals surface area contributed by atoms with Gasteiger partial charge in [0.15, 0.2) is 0 Å². The Hall–Kier alpha value is -0.414. The monoisotopic (exact) mass is 285 g/mol. The van der Waals surface area contributed by atoms with Crippen LogP contribution in [0.4, 0.5) is 0 Å². The van der Waals surface area contributed by atoms with Gasteiger partial charge in [-0.15, -0.1) is 6.58 Å². The second-order valence-electron chi connectivity index (χ2n) is 1.12. The van der Waals surface area contributed by atoms with E-state index in [1.807, 2.05) is 0 Å². The molecule has 8 heavy (non-hydrogen) atoms. The molecule has 1 aromatic rings. The molecule has 0 fully saturated rings. The van der Waals surface area contributed by atoms with Crippen LogP contribution in [0.1, 0.15) is 0 Å². The molecule has 0 saturated heterocycles. The summed E-state index contributed by atoms with van der Waals surface area (Å²) in [7, 11) is 0. The van der Waals surface area contributed by atoms with Gasteiger partial charge in [0.25, 0.3) is 0 Å². The van der Waals surface area contributed by atoms with Crippen LogP contribution in [-0.4, -0.2) is 9.55 Å². The van der Waals surface area contributed by atoms with Crippen LogP contribution in [0.25, 0.3) is 6.20 Å². The van der Waals surface area contributed by atoms with Gasteiger partial charge in [0.2, 0.25) is 0 Å². The van der Waals surface area contributed by atoms with Crippen LogP contribution >= 0.6 is 0 Å². The van der Waals surface area contributed by atoms with E-state index in [9.17, 15) is 0 Å². The van der Waals surface area contributed by atoms with Crippen LogP contribution in [0.5, 0.6) is 0 Å². The number of imidazole rings is 1. The summed E-state index contributed by atoms with van der Waals surface area (Å²) in [5.41, 5.74) is 0. The Kier molecular flexibility index (Phi) is 3.39.